The van der Waals surface area contributed by atoms with E-state index in [1.54, 1.807) is 18.0 Å². The average Bonchev–Trinajstić information content (AvgIpc) is 2.44. The van der Waals surface area contributed by atoms with Crippen molar-refractivity contribution in [2.45, 2.75) is 18.7 Å². The third-order valence-electron chi connectivity index (χ3n) is 3.32. The van der Waals surface area contributed by atoms with Crippen molar-refractivity contribution in [1.29, 1.82) is 0 Å². The summed E-state index contributed by atoms with van der Waals surface area (Å²) in [5, 5.41) is -0.459. The number of amides is 1. The smallest absolute Gasteiger partial charge is 0.245 e. The van der Waals surface area contributed by atoms with Crippen LogP contribution in [0.3, 0.4) is 0 Å². The van der Waals surface area contributed by atoms with Crippen LogP contribution < -0.4 is 4.74 Å². The second kappa shape index (κ2) is 6.14. The Morgan fingerprint density at radius 1 is 1.55 bits per heavy atom. The molecule has 1 aromatic rings. The van der Waals surface area contributed by atoms with Crippen molar-refractivity contribution >= 4 is 23.2 Å². The van der Waals surface area contributed by atoms with Gasteiger partial charge in [-0.3, -0.25) is 4.79 Å². The minimum Gasteiger partial charge on any atom is -0.490 e. The number of halogens is 1. The zero-order chi connectivity index (χ0) is 14.7. The number of benzene rings is 1. The summed E-state index contributed by atoms with van der Waals surface area (Å²) in [6.45, 7) is 6.11. The van der Waals surface area contributed by atoms with Crippen LogP contribution in [0.15, 0.2) is 36.9 Å². The van der Waals surface area contributed by atoms with Crippen molar-refractivity contribution in [1.82, 2.24) is 4.90 Å². The average molecular weight is 292 g/mol. The summed E-state index contributed by atoms with van der Waals surface area (Å²) < 4.78 is 5.50. The maximum atomic E-state index is 11.9. The largest absolute Gasteiger partial charge is 0.490 e. The molecule has 1 heterocycles. The van der Waals surface area contributed by atoms with E-state index in [0.29, 0.717) is 13.0 Å². The summed E-state index contributed by atoms with van der Waals surface area (Å²) in [5.74, 6) is 0.738. The Morgan fingerprint density at radius 3 is 2.95 bits per heavy atom. The lowest BCUT2D eigenvalue weighted by Gasteiger charge is -2.28. The van der Waals surface area contributed by atoms with E-state index in [0.717, 1.165) is 22.6 Å². The molecule has 3 nitrogen and oxygen atoms in total. The van der Waals surface area contributed by atoms with Crippen LogP contribution in [0.4, 0.5) is 0 Å². The van der Waals surface area contributed by atoms with Crippen LogP contribution in [0.5, 0.6) is 5.75 Å². The quantitative estimate of drug-likeness (QED) is 0.629. The predicted molar refractivity (Wildman–Crippen MR) is 81.9 cm³/mol. The molecule has 0 aliphatic carbocycles. The monoisotopic (exact) mass is 291 g/mol. The Kier molecular flexibility index (Phi) is 4.50. The van der Waals surface area contributed by atoms with Gasteiger partial charge in [-0.15, -0.1) is 11.6 Å². The van der Waals surface area contributed by atoms with E-state index in [1.807, 2.05) is 31.2 Å². The van der Waals surface area contributed by atoms with E-state index in [-0.39, 0.29) is 5.91 Å². The van der Waals surface area contributed by atoms with Crippen LogP contribution in [-0.2, 0) is 4.79 Å². The molecule has 20 heavy (non-hydrogen) atoms. The Labute approximate surface area is 124 Å². The number of rotatable bonds is 4. The molecule has 0 spiro atoms. The number of alkyl halides is 1. The molecule has 2 rings (SSSR count). The molecule has 0 saturated carbocycles. The number of allylic oxidation sites excluding steroid dienone is 1. The summed E-state index contributed by atoms with van der Waals surface area (Å²) in [5.41, 5.74) is 2.99. The molecule has 4 heteroatoms. The van der Waals surface area contributed by atoms with Gasteiger partial charge in [0, 0.05) is 18.3 Å². The van der Waals surface area contributed by atoms with Gasteiger partial charge >= 0.3 is 0 Å². The van der Waals surface area contributed by atoms with Gasteiger partial charge in [-0.25, -0.2) is 0 Å². The van der Waals surface area contributed by atoms with Gasteiger partial charge in [0.2, 0.25) is 5.91 Å². The fraction of sp³-hybridized carbons (Fsp3) is 0.312. The van der Waals surface area contributed by atoms with E-state index in [2.05, 4.69) is 6.58 Å². The molecule has 1 unspecified atom stereocenters. The van der Waals surface area contributed by atoms with Crippen molar-refractivity contribution in [3.05, 3.63) is 48.1 Å². The zero-order valence-electron chi connectivity index (χ0n) is 11.7. The van der Waals surface area contributed by atoms with Gasteiger partial charge in [-0.1, -0.05) is 18.7 Å². The second-order valence-electron chi connectivity index (χ2n) is 4.77. The molecule has 106 valence electrons. The van der Waals surface area contributed by atoms with Gasteiger partial charge in [-0.2, -0.15) is 0 Å². The molecular weight excluding hydrogens is 274 g/mol. The first-order chi connectivity index (χ1) is 9.54. The molecule has 0 radical (unpaired) electrons. The Bertz CT molecular complexity index is 566. The molecule has 0 bridgehead atoms. The molecule has 1 aliphatic heterocycles. The number of aryl methyl sites for hydroxylation is 1. The second-order valence-corrected chi connectivity index (χ2v) is 5.29. The van der Waals surface area contributed by atoms with Gasteiger partial charge < -0.3 is 9.64 Å². The first kappa shape index (κ1) is 14.7. The van der Waals surface area contributed by atoms with Crippen LogP contribution in [0.1, 0.15) is 17.5 Å². The molecule has 0 saturated heterocycles. The summed E-state index contributed by atoms with van der Waals surface area (Å²) in [4.78, 5) is 13.6. The number of nitrogens with zero attached hydrogens (tertiary/aromatic N) is 1. The molecule has 1 amide bonds. The van der Waals surface area contributed by atoms with Crippen molar-refractivity contribution in [3.63, 3.8) is 0 Å². The van der Waals surface area contributed by atoms with Gasteiger partial charge in [0.1, 0.15) is 17.7 Å². The van der Waals surface area contributed by atoms with Gasteiger partial charge in [0.15, 0.2) is 0 Å². The minimum atomic E-state index is -0.459. The summed E-state index contributed by atoms with van der Waals surface area (Å²) in [7, 11) is 1.75. The molecule has 0 aromatic heterocycles. The summed E-state index contributed by atoms with van der Waals surface area (Å²) >= 11 is 5.97. The zero-order valence-corrected chi connectivity index (χ0v) is 12.5. The third-order valence-corrected chi connectivity index (χ3v) is 3.68. The van der Waals surface area contributed by atoms with Crippen LogP contribution in [-0.4, -0.2) is 29.8 Å². The van der Waals surface area contributed by atoms with Crippen molar-refractivity contribution in [2.75, 3.05) is 13.7 Å². The highest BCUT2D eigenvalue weighted by Crippen LogP contribution is 2.30. The number of hydrogen-bond donors (Lipinski definition) is 0. The molecule has 0 fully saturated rings. The number of carbonyl (C=O) groups is 1. The van der Waals surface area contributed by atoms with Crippen LogP contribution in [0, 0.1) is 6.92 Å². The molecule has 1 aromatic carbocycles. The van der Waals surface area contributed by atoms with E-state index in [4.69, 9.17) is 16.3 Å². The highest BCUT2D eigenvalue weighted by atomic mass is 35.5. The predicted octanol–water partition coefficient (Wildman–Crippen LogP) is 3.37. The standard InChI is InChI=1S/C16H18ClNO2/c1-4-9-20-12-5-6-13(11(2)10-12)15-8-7-14(17)16(19)18(15)3/h4-6,8,10,14H,1,7,9H2,2-3H3. The molecular formula is C16H18ClNO2. The number of hydrogen-bond acceptors (Lipinski definition) is 2. The number of ether oxygens (including phenoxy) is 1. The van der Waals surface area contributed by atoms with Crippen LogP contribution in [0.25, 0.3) is 5.70 Å². The molecule has 1 aliphatic rings. The van der Waals surface area contributed by atoms with Crippen LogP contribution in [0.2, 0.25) is 0 Å². The van der Waals surface area contributed by atoms with E-state index < -0.39 is 5.38 Å². The minimum absolute atomic E-state index is 0.0597. The van der Waals surface area contributed by atoms with Crippen molar-refractivity contribution in [2.24, 2.45) is 0 Å². The van der Waals surface area contributed by atoms with E-state index >= 15 is 0 Å². The fourth-order valence-electron chi connectivity index (χ4n) is 2.24. The van der Waals surface area contributed by atoms with Crippen molar-refractivity contribution < 1.29 is 9.53 Å². The highest BCUT2D eigenvalue weighted by Gasteiger charge is 2.27. The molecule has 1 atom stereocenters. The van der Waals surface area contributed by atoms with Gasteiger partial charge in [0.05, 0.1) is 0 Å². The first-order valence-electron chi connectivity index (χ1n) is 6.51. The Hall–Kier alpha value is -1.74. The summed E-state index contributed by atoms with van der Waals surface area (Å²) in [6.07, 6.45) is 4.28. The van der Waals surface area contributed by atoms with Gasteiger partial charge in [0.25, 0.3) is 0 Å². The topological polar surface area (TPSA) is 29.5 Å². The van der Waals surface area contributed by atoms with Gasteiger partial charge in [-0.05, 0) is 37.1 Å². The highest BCUT2D eigenvalue weighted by molar-refractivity contribution is 6.31. The van der Waals surface area contributed by atoms with E-state index in [9.17, 15) is 4.79 Å². The SMILES string of the molecule is C=CCOc1ccc(C2=CCC(Cl)C(=O)N2C)c(C)c1. The lowest BCUT2D eigenvalue weighted by Crippen LogP contribution is -2.35. The lowest BCUT2D eigenvalue weighted by atomic mass is 10.0. The Morgan fingerprint density at radius 2 is 2.30 bits per heavy atom. The third kappa shape index (κ3) is 2.88. The normalized spacial score (nSPS) is 18.8. The Balaban J connectivity index is 2.29. The maximum absolute atomic E-state index is 11.9. The maximum Gasteiger partial charge on any atom is 0.245 e. The lowest BCUT2D eigenvalue weighted by molar-refractivity contribution is -0.126. The fourth-order valence-corrected chi connectivity index (χ4v) is 2.48. The molecule has 0 N–H and O–H groups in total. The number of carbonyl (C=O) groups excluding carboxylic acids is 1. The van der Waals surface area contributed by atoms with Crippen LogP contribution >= 0.6 is 11.6 Å². The summed E-state index contributed by atoms with van der Waals surface area (Å²) in [6, 6.07) is 5.83. The van der Waals surface area contributed by atoms with E-state index in [1.165, 1.54) is 0 Å². The van der Waals surface area contributed by atoms with Crippen molar-refractivity contribution in [3.8, 4) is 5.75 Å². The first-order valence-corrected chi connectivity index (χ1v) is 6.94.